The number of hydrogen-bond acceptors (Lipinski definition) is 6. The molecule has 3 aromatic heterocycles. The van der Waals surface area contributed by atoms with Gasteiger partial charge < -0.3 is 4.98 Å². The number of tetrazole rings is 1. The fourth-order valence-electron chi connectivity index (χ4n) is 3.19. The van der Waals surface area contributed by atoms with Crippen molar-refractivity contribution in [2.24, 2.45) is 5.92 Å². The minimum Gasteiger partial charge on any atom is -0.308 e. The Hall–Kier alpha value is -2.94. The van der Waals surface area contributed by atoms with Crippen molar-refractivity contribution in [2.45, 2.75) is 40.2 Å². The van der Waals surface area contributed by atoms with Gasteiger partial charge in [-0.2, -0.15) is 4.80 Å². The van der Waals surface area contributed by atoms with E-state index in [1.807, 2.05) is 6.92 Å². The average molecular weight is 412 g/mol. The number of hydrogen-bond donors (Lipinski definition) is 1. The van der Waals surface area contributed by atoms with Crippen LogP contribution in [0.2, 0.25) is 0 Å². The van der Waals surface area contributed by atoms with Gasteiger partial charge in [-0.3, -0.25) is 4.79 Å². The fourth-order valence-corrected chi connectivity index (χ4v) is 4.26. The third-order valence-electron chi connectivity index (χ3n) is 5.01. The summed E-state index contributed by atoms with van der Waals surface area (Å²) in [6.45, 7) is 6.57. The standard InChI is InChI=1S/C20H21FN6OS/c1-4-11(2)9-15-12(3)29-20-17(15)19(28)22-16(23-20)10-27-25-18(24-26-27)13-5-7-14(21)8-6-13/h5-8,11H,4,9-10H2,1-3H3,(H,22,23,28)/t11-/m1/s1. The van der Waals surface area contributed by atoms with Crippen molar-refractivity contribution in [1.29, 1.82) is 0 Å². The van der Waals surface area contributed by atoms with Crippen molar-refractivity contribution in [3.8, 4) is 11.4 Å². The molecule has 0 aliphatic heterocycles. The molecule has 4 rings (SSSR count). The highest BCUT2D eigenvalue weighted by Crippen LogP contribution is 2.29. The number of aromatic nitrogens is 6. The molecule has 0 spiro atoms. The van der Waals surface area contributed by atoms with Crippen molar-refractivity contribution in [1.82, 2.24) is 30.2 Å². The third kappa shape index (κ3) is 3.95. The molecule has 1 aromatic carbocycles. The van der Waals surface area contributed by atoms with Crippen LogP contribution in [-0.2, 0) is 13.0 Å². The second-order valence-electron chi connectivity index (χ2n) is 7.20. The highest BCUT2D eigenvalue weighted by Gasteiger charge is 2.17. The topological polar surface area (TPSA) is 89.3 Å². The Morgan fingerprint density at radius 3 is 2.76 bits per heavy atom. The summed E-state index contributed by atoms with van der Waals surface area (Å²) in [5, 5.41) is 13.0. The maximum Gasteiger partial charge on any atom is 0.259 e. The largest absolute Gasteiger partial charge is 0.308 e. The smallest absolute Gasteiger partial charge is 0.259 e. The summed E-state index contributed by atoms with van der Waals surface area (Å²) in [6.07, 6.45) is 1.94. The molecular weight excluding hydrogens is 391 g/mol. The number of H-pyrrole nitrogens is 1. The van der Waals surface area contributed by atoms with E-state index in [0.717, 1.165) is 28.1 Å². The van der Waals surface area contributed by atoms with Gasteiger partial charge in [0.1, 0.15) is 23.0 Å². The first-order valence-corrected chi connectivity index (χ1v) is 10.3. The molecule has 4 aromatic rings. The molecule has 0 bridgehead atoms. The Morgan fingerprint density at radius 2 is 2.03 bits per heavy atom. The zero-order valence-electron chi connectivity index (χ0n) is 16.4. The maximum atomic E-state index is 13.1. The zero-order valence-corrected chi connectivity index (χ0v) is 17.3. The van der Waals surface area contributed by atoms with Crippen molar-refractivity contribution in [2.75, 3.05) is 0 Å². The minimum atomic E-state index is -0.324. The molecule has 29 heavy (non-hydrogen) atoms. The van der Waals surface area contributed by atoms with E-state index in [0.29, 0.717) is 28.5 Å². The fraction of sp³-hybridized carbons (Fsp3) is 0.350. The van der Waals surface area contributed by atoms with Crippen LogP contribution in [-0.4, -0.2) is 30.2 Å². The quantitative estimate of drug-likeness (QED) is 0.521. The molecule has 9 heteroatoms. The number of benzene rings is 1. The molecule has 7 nitrogen and oxygen atoms in total. The van der Waals surface area contributed by atoms with E-state index >= 15 is 0 Å². The van der Waals surface area contributed by atoms with E-state index in [2.05, 4.69) is 39.2 Å². The Morgan fingerprint density at radius 1 is 1.28 bits per heavy atom. The van der Waals surface area contributed by atoms with E-state index in [1.54, 1.807) is 23.5 Å². The van der Waals surface area contributed by atoms with Crippen molar-refractivity contribution in [3.05, 3.63) is 56.7 Å². The number of fused-ring (bicyclic) bond motifs is 1. The Balaban J connectivity index is 1.62. The molecule has 0 radical (unpaired) electrons. The first-order valence-electron chi connectivity index (χ1n) is 9.49. The summed E-state index contributed by atoms with van der Waals surface area (Å²) < 4.78 is 13.1. The highest BCUT2D eigenvalue weighted by molar-refractivity contribution is 7.18. The van der Waals surface area contributed by atoms with Crippen molar-refractivity contribution in [3.63, 3.8) is 0 Å². The molecule has 0 unspecified atom stereocenters. The summed E-state index contributed by atoms with van der Waals surface area (Å²) in [6, 6.07) is 5.88. The minimum absolute atomic E-state index is 0.133. The lowest BCUT2D eigenvalue weighted by Crippen LogP contribution is -2.16. The lowest BCUT2D eigenvalue weighted by atomic mass is 9.98. The lowest BCUT2D eigenvalue weighted by Gasteiger charge is -2.08. The first kappa shape index (κ1) is 19.4. The number of aromatic amines is 1. The molecule has 0 aliphatic carbocycles. The second-order valence-corrected chi connectivity index (χ2v) is 8.40. The van der Waals surface area contributed by atoms with Crippen molar-refractivity contribution < 1.29 is 4.39 Å². The van der Waals surface area contributed by atoms with Crippen LogP contribution in [0.15, 0.2) is 29.1 Å². The number of rotatable bonds is 6. The second kappa shape index (κ2) is 7.82. The van der Waals surface area contributed by atoms with Crippen LogP contribution in [0, 0.1) is 18.7 Å². The van der Waals surface area contributed by atoms with E-state index in [9.17, 15) is 9.18 Å². The highest BCUT2D eigenvalue weighted by atomic mass is 32.1. The number of aryl methyl sites for hydroxylation is 1. The molecule has 1 atom stereocenters. The predicted molar refractivity (Wildman–Crippen MR) is 110 cm³/mol. The zero-order chi connectivity index (χ0) is 20.5. The molecular formula is C20H21FN6OS. The van der Waals surface area contributed by atoms with Crippen LogP contribution in [0.4, 0.5) is 4.39 Å². The molecule has 0 fully saturated rings. The van der Waals surface area contributed by atoms with Gasteiger partial charge in [0, 0.05) is 10.4 Å². The molecule has 1 N–H and O–H groups in total. The maximum absolute atomic E-state index is 13.1. The Kier molecular flexibility index (Phi) is 5.23. The van der Waals surface area contributed by atoms with Gasteiger partial charge in [0.2, 0.25) is 5.82 Å². The van der Waals surface area contributed by atoms with E-state index in [1.165, 1.54) is 16.9 Å². The van der Waals surface area contributed by atoms with Gasteiger partial charge in [0.05, 0.1) is 5.39 Å². The lowest BCUT2D eigenvalue weighted by molar-refractivity contribution is 0.554. The van der Waals surface area contributed by atoms with Gasteiger partial charge in [-0.25, -0.2) is 9.37 Å². The average Bonchev–Trinajstić information content (AvgIpc) is 3.27. The number of nitrogens with zero attached hydrogens (tertiary/aromatic N) is 5. The predicted octanol–water partition coefficient (Wildman–Crippen LogP) is 3.72. The molecule has 0 aliphatic rings. The normalized spacial score (nSPS) is 12.6. The van der Waals surface area contributed by atoms with Crippen LogP contribution in [0.5, 0.6) is 0 Å². The summed E-state index contributed by atoms with van der Waals surface area (Å²) in [7, 11) is 0. The number of thiophene rings is 1. The molecule has 150 valence electrons. The van der Waals surface area contributed by atoms with Crippen LogP contribution >= 0.6 is 11.3 Å². The first-order chi connectivity index (χ1) is 13.9. The van der Waals surface area contributed by atoms with E-state index < -0.39 is 0 Å². The van der Waals surface area contributed by atoms with Crippen LogP contribution < -0.4 is 5.56 Å². The van der Waals surface area contributed by atoms with E-state index in [4.69, 9.17) is 0 Å². The SMILES string of the molecule is CC[C@@H](C)Cc1c(C)sc2nc(Cn3nnc(-c4ccc(F)cc4)n3)[nH]c(=O)c12. The Labute approximate surface area is 170 Å². The van der Waals surface area contributed by atoms with Crippen LogP contribution in [0.1, 0.15) is 36.5 Å². The number of halogens is 1. The van der Waals surface area contributed by atoms with Gasteiger partial charge in [-0.15, -0.1) is 21.5 Å². The van der Waals surface area contributed by atoms with E-state index in [-0.39, 0.29) is 17.9 Å². The third-order valence-corrected chi connectivity index (χ3v) is 6.05. The van der Waals surface area contributed by atoms with Gasteiger partial charge in [0.25, 0.3) is 5.56 Å². The summed E-state index contributed by atoms with van der Waals surface area (Å²) in [5.74, 6) is 1.04. The summed E-state index contributed by atoms with van der Waals surface area (Å²) in [5.41, 5.74) is 1.63. The van der Waals surface area contributed by atoms with Crippen LogP contribution in [0.25, 0.3) is 21.6 Å². The van der Waals surface area contributed by atoms with Crippen molar-refractivity contribution >= 4 is 21.6 Å². The van der Waals surface area contributed by atoms with Gasteiger partial charge in [-0.05, 0) is 54.3 Å². The van der Waals surface area contributed by atoms with Gasteiger partial charge in [-0.1, -0.05) is 20.3 Å². The molecule has 0 saturated carbocycles. The Bertz CT molecular complexity index is 1210. The molecule has 0 amide bonds. The summed E-state index contributed by atoms with van der Waals surface area (Å²) in [4.78, 5) is 23.5. The summed E-state index contributed by atoms with van der Waals surface area (Å²) >= 11 is 1.54. The molecule has 0 saturated heterocycles. The number of nitrogens with one attached hydrogen (secondary N) is 1. The van der Waals surface area contributed by atoms with Gasteiger partial charge >= 0.3 is 0 Å². The van der Waals surface area contributed by atoms with Gasteiger partial charge in [0.15, 0.2) is 0 Å². The van der Waals surface area contributed by atoms with Crippen LogP contribution in [0.3, 0.4) is 0 Å². The monoisotopic (exact) mass is 412 g/mol. The molecule has 3 heterocycles.